The predicted octanol–water partition coefficient (Wildman–Crippen LogP) is 12.1. The molecule has 0 fully saturated rings. The lowest BCUT2D eigenvalue weighted by molar-refractivity contribution is 0.660. The highest BCUT2D eigenvalue weighted by Gasteiger charge is 2.51. The molecule has 3 aliphatic rings. The van der Waals surface area contributed by atoms with Crippen molar-refractivity contribution in [3.63, 3.8) is 0 Å². The molecule has 0 saturated heterocycles. The summed E-state index contributed by atoms with van der Waals surface area (Å²) in [6.07, 6.45) is 0. The van der Waals surface area contributed by atoms with E-state index in [4.69, 9.17) is 0 Å². The van der Waals surface area contributed by atoms with Crippen LogP contribution < -0.4 is 4.90 Å². The molecule has 10 rings (SSSR count). The zero-order valence-corrected chi connectivity index (χ0v) is 27.5. The molecule has 0 aromatic heterocycles. The zero-order chi connectivity index (χ0) is 32.2. The van der Waals surface area contributed by atoms with E-state index in [1.54, 1.807) is 0 Å². The van der Waals surface area contributed by atoms with Crippen LogP contribution in [0.4, 0.5) is 17.1 Å². The fraction of sp³-hybridized carbons (Fsp3) is 0.106. The number of hydrogen-bond acceptors (Lipinski definition) is 1. The van der Waals surface area contributed by atoms with Crippen molar-refractivity contribution >= 4 is 17.1 Å². The SMILES string of the molecule is Cc1ccc2c(c1)C1(c3ccccc3-2)c2ccccc2-c2ccc(N(c3ccccc3)c3ccc4c(c3)-c3ccccc3C4(C)C)cc21. The third-order valence-corrected chi connectivity index (χ3v) is 11.3. The van der Waals surface area contributed by atoms with Gasteiger partial charge in [-0.15, -0.1) is 0 Å². The van der Waals surface area contributed by atoms with Gasteiger partial charge in [-0.1, -0.05) is 141 Å². The van der Waals surface area contributed by atoms with Gasteiger partial charge in [-0.2, -0.15) is 0 Å². The largest absolute Gasteiger partial charge is 0.310 e. The molecule has 0 heterocycles. The molecule has 0 bridgehead atoms. The molecule has 0 radical (unpaired) electrons. The topological polar surface area (TPSA) is 3.24 Å². The molecule has 48 heavy (non-hydrogen) atoms. The second-order valence-electron chi connectivity index (χ2n) is 14.2. The Balaban J connectivity index is 1.24. The highest BCUT2D eigenvalue weighted by Crippen LogP contribution is 2.63. The van der Waals surface area contributed by atoms with Gasteiger partial charge in [0, 0.05) is 22.5 Å². The molecule has 1 heteroatoms. The molecule has 1 unspecified atom stereocenters. The summed E-state index contributed by atoms with van der Waals surface area (Å²) >= 11 is 0. The Morgan fingerprint density at radius 2 is 0.833 bits per heavy atom. The minimum atomic E-state index is -0.386. The highest BCUT2D eigenvalue weighted by molar-refractivity contribution is 5.96. The molecule has 1 spiro atoms. The first-order valence-electron chi connectivity index (χ1n) is 17.0. The number of aryl methyl sites for hydroxylation is 1. The molecule has 1 nitrogen and oxygen atoms in total. The van der Waals surface area contributed by atoms with Crippen LogP contribution in [0.5, 0.6) is 0 Å². The number of rotatable bonds is 3. The van der Waals surface area contributed by atoms with E-state index >= 15 is 0 Å². The van der Waals surface area contributed by atoms with Crippen molar-refractivity contribution in [2.75, 3.05) is 4.90 Å². The summed E-state index contributed by atoms with van der Waals surface area (Å²) in [6.45, 7) is 6.92. The van der Waals surface area contributed by atoms with Crippen molar-refractivity contribution in [3.8, 4) is 33.4 Å². The van der Waals surface area contributed by atoms with Gasteiger partial charge in [-0.05, 0) is 110 Å². The quantitative estimate of drug-likeness (QED) is 0.192. The Hall–Kier alpha value is -5.66. The van der Waals surface area contributed by atoms with Crippen molar-refractivity contribution in [2.45, 2.75) is 31.6 Å². The van der Waals surface area contributed by atoms with Gasteiger partial charge < -0.3 is 4.90 Å². The Kier molecular flexibility index (Phi) is 5.54. The minimum absolute atomic E-state index is 0.0326. The summed E-state index contributed by atoms with van der Waals surface area (Å²) < 4.78 is 0. The normalized spacial score (nSPS) is 16.9. The van der Waals surface area contributed by atoms with Gasteiger partial charge in [0.2, 0.25) is 0 Å². The third kappa shape index (κ3) is 3.46. The van der Waals surface area contributed by atoms with Crippen LogP contribution in [0, 0.1) is 6.92 Å². The standard InChI is InChI=1S/C47H35N/c1-30-21-24-37-34-15-8-11-19-42(34)47(44(37)27-30)43-20-12-9-16-35(43)38-25-22-33(29-45(38)47)48(31-13-5-4-6-14-31)32-23-26-41-39(28-32)36-17-7-10-18-40(36)46(41,2)3/h4-29H,1-3H3. The molecule has 0 N–H and O–H groups in total. The van der Waals surface area contributed by atoms with E-state index < -0.39 is 0 Å². The Bertz CT molecular complexity index is 2440. The van der Waals surface area contributed by atoms with E-state index in [0.29, 0.717) is 0 Å². The monoisotopic (exact) mass is 613 g/mol. The molecular formula is C47H35N. The van der Waals surface area contributed by atoms with E-state index in [1.165, 1.54) is 78.0 Å². The van der Waals surface area contributed by atoms with E-state index in [-0.39, 0.29) is 10.8 Å². The number of fused-ring (bicyclic) bond motifs is 13. The van der Waals surface area contributed by atoms with Gasteiger partial charge >= 0.3 is 0 Å². The van der Waals surface area contributed by atoms with Crippen LogP contribution in [-0.2, 0) is 10.8 Å². The number of benzene rings is 7. The second kappa shape index (κ2) is 9.69. The van der Waals surface area contributed by atoms with Crippen molar-refractivity contribution in [1.29, 1.82) is 0 Å². The molecule has 7 aromatic carbocycles. The first-order valence-corrected chi connectivity index (χ1v) is 17.0. The third-order valence-electron chi connectivity index (χ3n) is 11.3. The summed E-state index contributed by atoms with van der Waals surface area (Å²) in [7, 11) is 0. The summed E-state index contributed by atoms with van der Waals surface area (Å²) in [6, 6.07) is 59.2. The zero-order valence-electron chi connectivity index (χ0n) is 27.5. The average molecular weight is 614 g/mol. The lowest BCUT2D eigenvalue weighted by Gasteiger charge is -2.32. The predicted molar refractivity (Wildman–Crippen MR) is 200 cm³/mol. The maximum Gasteiger partial charge on any atom is 0.0726 e. The minimum Gasteiger partial charge on any atom is -0.310 e. The second-order valence-corrected chi connectivity index (χ2v) is 14.2. The van der Waals surface area contributed by atoms with Gasteiger partial charge in [0.05, 0.1) is 5.41 Å². The van der Waals surface area contributed by atoms with Crippen LogP contribution in [0.2, 0.25) is 0 Å². The Morgan fingerprint density at radius 3 is 1.52 bits per heavy atom. The number of para-hydroxylation sites is 1. The van der Waals surface area contributed by atoms with E-state index in [1.807, 2.05) is 0 Å². The molecule has 7 aromatic rings. The van der Waals surface area contributed by atoms with Crippen molar-refractivity contribution in [3.05, 3.63) is 197 Å². The summed E-state index contributed by atoms with van der Waals surface area (Å²) in [4.78, 5) is 2.45. The first kappa shape index (κ1) is 27.5. The average Bonchev–Trinajstić information content (AvgIpc) is 3.67. The Morgan fingerprint density at radius 1 is 0.354 bits per heavy atom. The summed E-state index contributed by atoms with van der Waals surface area (Å²) in [5.41, 5.74) is 20.6. The number of hydrogen-bond donors (Lipinski definition) is 0. The maximum atomic E-state index is 2.49. The van der Waals surface area contributed by atoms with E-state index in [0.717, 1.165) is 11.4 Å². The smallest absolute Gasteiger partial charge is 0.0726 e. The first-order chi connectivity index (χ1) is 23.5. The van der Waals surface area contributed by atoms with Crippen molar-refractivity contribution in [1.82, 2.24) is 0 Å². The van der Waals surface area contributed by atoms with Crippen molar-refractivity contribution in [2.24, 2.45) is 0 Å². The molecule has 1 atom stereocenters. The molecular weight excluding hydrogens is 579 g/mol. The summed E-state index contributed by atoms with van der Waals surface area (Å²) in [5, 5.41) is 0. The lowest BCUT2D eigenvalue weighted by Crippen LogP contribution is -2.26. The van der Waals surface area contributed by atoms with Crippen LogP contribution in [-0.4, -0.2) is 0 Å². The van der Waals surface area contributed by atoms with Crippen LogP contribution in [0.15, 0.2) is 158 Å². The molecule has 0 amide bonds. The van der Waals surface area contributed by atoms with Gasteiger partial charge in [0.15, 0.2) is 0 Å². The molecule has 228 valence electrons. The summed E-state index contributed by atoms with van der Waals surface area (Å²) in [5.74, 6) is 0. The highest BCUT2D eigenvalue weighted by atomic mass is 15.1. The van der Waals surface area contributed by atoms with Gasteiger partial charge in [-0.25, -0.2) is 0 Å². The lowest BCUT2D eigenvalue weighted by atomic mass is 9.70. The fourth-order valence-corrected chi connectivity index (χ4v) is 9.25. The Labute approximate surface area is 282 Å². The van der Waals surface area contributed by atoms with Gasteiger partial charge in [0.1, 0.15) is 0 Å². The van der Waals surface area contributed by atoms with Crippen LogP contribution >= 0.6 is 0 Å². The van der Waals surface area contributed by atoms with E-state index in [2.05, 4.69) is 183 Å². The van der Waals surface area contributed by atoms with Gasteiger partial charge in [-0.3, -0.25) is 0 Å². The fourth-order valence-electron chi connectivity index (χ4n) is 9.25. The van der Waals surface area contributed by atoms with Crippen LogP contribution in [0.1, 0.15) is 52.8 Å². The molecule has 0 aliphatic heterocycles. The molecule has 3 aliphatic carbocycles. The van der Waals surface area contributed by atoms with E-state index in [9.17, 15) is 0 Å². The van der Waals surface area contributed by atoms with Crippen LogP contribution in [0.3, 0.4) is 0 Å². The van der Waals surface area contributed by atoms with Crippen molar-refractivity contribution < 1.29 is 0 Å². The van der Waals surface area contributed by atoms with Gasteiger partial charge in [0.25, 0.3) is 0 Å². The maximum absolute atomic E-state index is 2.49. The number of anilines is 3. The molecule has 0 saturated carbocycles. The van der Waals surface area contributed by atoms with Crippen LogP contribution in [0.25, 0.3) is 33.4 Å². The number of nitrogens with zero attached hydrogens (tertiary/aromatic N) is 1.